The highest BCUT2D eigenvalue weighted by Gasteiger charge is 2.19. The number of carbonyl (C=O) groups is 1. The first-order chi connectivity index (χ1) is 18.9. The highest BCUT2D eigenvalue weighted by Crippen LogP contribution is 2.32. The normalized spacial score (nSPS) is 11.7. The number of hydrogen-bond acceptors (Lipinski definition) is 4. The first kappa shape index (κ1) is 25.9. The molecule has 2 N–H and O–H groups in total. The maximum Gasteiger partial charge on any atom is 0.240 e. The van der Waals surface area contributed by atoms with Crippen molar-refractivity contribution in [2.45, 2.75) is 6.54 Å². The van der Waals surface area contributed by atoms with Gasteiger partial charge in [-0.15, -0.1) is 0 Å². The van der Waals surface area contributed by atoms with Gasteiger partial charge in [0.2, 0.25) is 5.91 Å². The molecule has 0 saturated carbocycles. The van der Waals surface area contributed by atoms with Crippen LogP contribution in [0.15, 0.2) is 108 Å². The molecule has 0 bridgehead atoms. The number of amides is 1. The van der Waals surface area contributed by atoms with Crippen molar-refractivity contribution >= 4 is 33.9 Å². The lowest BCUT2D eigenvalue weighted by Crippen LogP contribution is -2.36. The molecule has 0 radical (unpaired) electrons. The van der Waals surface area contributed by atoms with Gasteiger partial charge >= 0.3 is 0 Å². The maximum absolute atomic E-state index is 13.8. The van der Waals surface area contributed by atoms with E-state index in [4.69, 9.17) is 4.99 Å². The van der Waals surface area contributed by atoms with Crippen molar-refractivity contribution in [1.29, 1.82) is 0 Å². The number of benzene rings is 4. The van der Waals surface area contributed by atoms with E-state index in [2.05, 4.69) is 4.98 Å². The van der Waals surface area contributed by atoms with E-state index in [1.807, 2.05) is 96.9 Å². The third-order valence-corrected chi connectivity index (χ3v) is 6.58. The molecular weight excluding hydrogens is 491 g/mol. The van der Waals surface area contributed by atoms with Crippen LogP contribution in [0.1, 0.15) is 16.7 Å². The fraction of sp³-hybridized carbons (Fsp3) is 0.125. The molecule has 1 aromatic heterocycles. The van der Waals surface area contributed by atoms with Gasteiger partial charge < -0.3 is 15.0 Å². The lowest BCUT2D eigenvalue weighted by molar-refractivity contribution is -0.119. The number of nitrogens with zero attached hydrogens (tertiary/aromatic N) is 3. The summed E-state index contributed by atoms with van der Waals surface area (Å²) in [6.07, 6.45) is 0. The van der Waals surface area contributed by atoms with Crippen LogP contribution in [0.4, 0.5) is 15.8 Å². The van der Waals surface area contributed by atoms with Crippen LogP contribution in [0.2, 0.25) is 0 Å². The molecule has 0 aliphatic heterocycles. The summed E-state index contributed by atoms with van der Waals surface area (Å²) in [6, 6.07) is 31.3. The van der Waals surface area contributed by atoms with Gasteiger partial charge in [-0.05, 0) is 55.1 Å². The molecule has 196 valence electrons. The fourth-order valence-electron chi connectivity index (χ4n) is 4.57. The van der Waals surface area contributed by atoms with E-state index in [-0.39, 0.29) is 18.3 Å². The molecule has 0 spiro atoms. The average molecular weight is 521 g/mol. The molecule has 0 fully saturated rings. The van der Waals surface area contributed by atoms with Crippen LogP contribution in [0.5, 0.6) is 5.88 Å². The number of aliphatic imine (C=N–C) groups is 1. The van der Waals surface area contributed by atoms with Crippen LogP contribution in [0.3, 0.4) is 0 Å². The van der Waals surface area contributed by atoms with E-state index in [1.165, 1.54) is 12.1 Å². The SMILES string of the molecule is CN(CC(=O)N(C)c1ccc(N=C(c2ccccc2)c2c(O)[nH]c3cc(F)ccc23)cc1)Cc1ccccc1. The average Bonchev–Trinajstić information content (AvgIpc) is 3.27. The number of fused-ring (bicyclic) bond motifs is 1. The largest absolute Gasteiger partial charge is 0.494 e. The molecule has 0 aliphatic carbocycles. The third-order valence-electron chi connectivity index (χ3n) is 6.58. The summed E-state index contributed by atoms with van der Waals surface area (Å²) >= 11 is 0. The standard InChI is InChI=1S/C32H29FN4O2/c1-36(20-22-9-5-3-6-10-22)21-29(38)37(2)26-16-14-25(15-17-26)34-31(23-11-7-4-8-12-23)30-27-18-13-24(33)19-28(27)35-32(30)39/h3-19,35,39H,20-21H2,1-2H3. The Labute approximate surface area is 226 Å². The predicted octanol–water partition coefficient (Wildman–Crippen LogP) is 6.28. The number of anilines is 1. The Morgan fingerprint density at radius 2 is 1.56 bits per heavy atom. The molecule has 0 atom stereocenters. The topological polar surface area (TPSA) is 71.9 Å². The van der Waals surface area contributed by atoms with E-state index in [0.717, 1.165) is 16.8 Å². The Kier molecular flexibility index (Phi) is 7.52. The van der Waals surface area contributed by atoms with Gasteiger partial charge in [-0.25, -0.2) is 9.38 Å². The predicted molar refractivity (Wildman–Crippen MR) is 154 cm³/mol. The van der Waals surface area contributed by atoms with Gasteiger partial charge in [-0.3, -0.25) is 9.69 Å². The van der Waals surface area contributed by atoms with Crippen LogP contribution in [-0.2, 0) is 11.3 Å². The minimum Gasteiger partial charge on any atom is -0.494 e. The number of aromatic hydroxyl groups is 1. The Bertz CT molecular complexity index is 1610. The molecule has 4 aromatic carbocycles. The lowest BCUT2D eigenvalue weighted by Gasteiger charge is -2.22. The van der Waals surface area contributed by atoms with E-state index in [9.17, 15) is 14.3 Å². The molecule has 5 rings (SSSR count). The zero-order chi connectivity index (χ0) is 27.4. The van der Waals surface area contributed by atoms with E-state index in [1.54, 1.807) is 18.0 Å². The quantitative estimate of drug-likeness (QED) is 0.237. The van der Waals surface area contributed by atoms with E-state index in [0.29, 0.717) is 34.4 Å². The van der Waals surface area contributed by atoms with Gasteiger partial charge in [0.15, 0.2) is 5.88 Å². The molecule has 1 amide bonds. The van der Waals surface area contributed by atoms with Crippen molar-refractivity contribution < 1.29 is 14.3 Å². The van der Waals surface area contributed by atoms with Crippen molar-refractivity contribution in [2.24, 2.45) is 4.99 Å². The van der Waals surface area contributed by atoms with Crippen molar-refractivity contribution in [3.63, 3.8) is 0 Å². The number of rotatable bonds is 8. The zero-order valence-electron chi connectivity index (χ0n) is 21.8. The number of carbonyl (C=O) groups excluding carboxylic acids is 1. The molecule has 0 aliphatic rings. The van der Waals surface area contributed by atoms with Crippen molar-refractivity contribution in [3.05, 3.63) is 126 Å². The van der Waals surface area contributed by atoms with Gasteiger partial charge in [-0.2, -0.15) is 0 Å². The van der Waals surface area contributed by atoms with Gasteiger partial charge in [0, 0.05) is 30.2 Å². The number of H-pyrrole nitrogens is 1. The van der Waals surface area contributed by atoms with Crippen molar-refractivity contribution in [3.8, 4) is 5.88 Å². The Morgan fingerprint density at radius 1 is 0.897 bits per heavy atom. The first-order valence-electron chi connectivity index (χ1n) is 12.6. The Morgan fingerprint density at radius 3 is 2.26 bits per heavy atom. The highest BCUT2D eigenvalue weighted by atomic mass is 19.1. The van der Waals surface area contributed by atoms with Gasteiger partial charge in [-0.1, -0.05) is 60.7 Å². The third kappa shape index (κ3) is 5.89. The summed E-state index contributed by atoms with van der Waals surface area (Å²) in [6.45, 7) is 0.966. The summed E-state index contributed by atoms with van der Waals surface area (Å²) < 4.78 is 13.8. The fourth-order valence-corrected chi connectivity index (χ4v) is 4.57. The maximum atomic E-state index is 13.8. The first-order valence-corrected chi connectivity index (χ1v) is 12.6. The van der Waals surface area contributed by atoms with Gasteiger partial charge in [0.1, 0.15) is 5.82 Å². The Hall–Kier alpha value is -4.75. The minimum absolute atomic E-state index is 0.0226. The van der Waals surface area contributed by atoms with E-state index < -0.39 is 5.82 Å². The number of hydrogen-bond donors (Lipinski definition) is 2. The second-order valence-corrected chi connectivity index (χ2v) is 9.49. The second kappa shape index (κ2) is 11.3. The number of likely N-dealkylation sites (N-methyl/N-ethyl adjacent to an activating group) is 2. The molecule has 39 heavy (non-hydrogen) atoms. The highest BCUT2D eigenvalue weighted by molar-refractivity contribution is 6.21. The molecule has 1 heterocycles. The number of aromatic amines is 1. The van der Waals surface area contributed by atoms with Gasteiger partial charge in [0.05, 0.1) is 29.0 Å². The smallest absolute Gasteiger partial charge is 0.240 e. The summed E-state index contributed by atoms with van der Waals surface area (Å²) in [7, 11) is 3.69. The van der Waals surface area contributed by atoms with Crippen LogP contribution in [0.25, 0.3) is 10.9 Å². The molecule has 5 aromatic rings. The second-order valence-electron chi connectivity index (χ2n) is 9.49. The van der Waals surface area contributed by atoms with Gasteiger partial charge in [0.25, 0.3) is 0 Å². The van der Waals surface area contributed by atoms with Crippen LogP contribution in [0, 0.1) is 5.82 Å². The molecule has 0 saturated heterocycles. The molecule has 7 heteroatoms. The molecular formula is C32H29FN4O2. The van der Waals surface area contributed by atoms with Crippen molar-refractivity contribution in [1.82, 2.24) is 9.88 Å². The Balaban J connectivity index is 1.40. The number of nitrogens with one attached hydrogen (secondary N) is 1. The van der Waals surface area contributed by atoms with E-state index >= 15 is 0 Å². The number of halogens is 1. The van der Waals surface area contributed by atoms with Crippen LogP contribution >= 0.6 is 0 Å². The summed E-state index contributed by atoms with van der Waals surface area (Å²) in [4.78, 5) is 24.3. The minimum atomic E-state index is -0.394. The summed E-state index contributed by atoms with van der Waals surface area (Å²) in [5, 5.41) is 11.4. The van der Waals surface area contributed by atoms with Crippen LogP contribution < -0.4 is 4.90 Å². The number of aromatic nitrogens is 1. The summed E-state index contributed by atoms with van der Waals surface area (Å²) in [5.41, 5.74) is 4.88. The molecule has 6 nitrogen and oxygen atoms in total. The zero-order valence-corrected chi connectivity index (χ0v) is 21.8. The summed E-state index contributed by atoms with van der Waals surface area (Å²) in [5.74, 6) is -0.501. The molecule has 0 unspecified atom stereocenters. The lowest BCUT2D eigenvalue weighted by atomic mass is 10.0. The van der Waals surface area contributed by atoms with Crippen LogP contribution in [-0.4, -0.2) is 47.2 Å². The monoisotopic (exact) mass is 520 g/mol. The van der Waals surface area contributed by atoms with Crippen molar-refractivity contribution in [2.75, 3.05) is 25.5 Å².